The highest BCUT2D eigenvalue weighted by Gasteiger charge is 2.21. The van der Waals surface area contributed by atoms with Crippen LogP contribution in [0.2, 0.25) is 0 Å². The van der Waals surface area contributed by atoms with Gasteiger partial charge in [0, 0.05) is 25.0 Å². The summed E-state index contributed by atoms with van der Waals surface area (Å²) in [4.78, 5) is 24.8. The van der Waals surface area contributed by atoms with Crippen LogP contribution in [0.3, 0.4) is 0 Å². The number of sulfonamides is 1. The molecule has 0 aliphatic carbocycles. The molecule has 2 aromatic carbocycles. The number of rotatable bonds is 8. The van der Waals surface area contributed by atoms with Gasteiger partial charge >= 0.3 is 0 Å². The van der Waals surface area contributed by atoms with E-state index < -0.39 is 10.0 Å². The molecule has 2 amide bonds. The Hall–Kier alpha value is -2.56. The summed E-state index contributed by atoms with van der Waals surface area (Å²) in [5.41, 5.74) is 0.791. The molecule has 1 fully saturated rings. The first-order valence-corrected chi connectivity index (χ1v) is 12.5. The van der Waals surface area contributed by atoms with Crippen molar-refractivity contribution in [2.24, 2.45) is 0 Å². The molecule has 0 radical (unpaired) electrons. The van der Waals surface area contributed by atoms with Crippen molar-refractivity contribution in [1.82, 2.24) is 5.32 Å². The number of carbonyl (C=O) groups excluding carboxylic acids is 2. The first-order chi connectivity index (χ1) is 14.8. The summed E-state index contributed by atoms with van der Waals surface area (Å²) in [6.07, 6.45) is 3.66. The summed E-state index contributed by atoms with van der Waals surface area (Å²) >= 11 is 1.39. The van der Waals surface area contributed by atoms with Crippen molar-refractivity contribution >= 4 is 45.0 Å². The number of nitrogens with one attached hydrogen (secondary N) is 3. The number of thioether (sulfide) groups is 1. The topological polar surface area (TPSA) is 114 Å². The van der Waals surface area contributed by atoms with Crippen LogP contribution in [0.5, 0.6) is 0 Å². The fourth-order valence-electron chi connectivity index (χ4n) is 3.22. The van der Waals surface area contributed by atoms with Crippen molar-refractivity contribution in [2.45, 2.75) is 35.7 Å². The number of anilines is 2. The number of para-hydroxylation sites is 1. The van der Waals surface area contributed by atoms with Gasteiger partial charge in [0.1, 0.15) is 0 Å². The second-order valence-electron chi connectivity index (χ2n) is 7.04. The van der Waals surface area contributed by atoms with Gasteiger partial charge in [0.15, 0.2) is 0 Å². The van der Waals surface area contributed by atoms with Crippen molar-refractivity contribution in [2.75, 3.05) is 29.4 Å². The standard InChI is InChI=1S/C21H25N3O5S2/c1-14(25)23-19-12-16(9-10-20(19)30-2)31(27,28)24-18-8-4-3-7-17(18)21(26)22-13-15-6-5-11-29-15/h3-4,7-10,12,15,24H,5-6,11,13H2,1-2H3,(H,22,26)(H,23,25)/t15-/m1/s1. The molecule has 10 heteroatoms. The maximum atomic E-state index is 13.0. The molecule has 1 atom stereocenters. The molecule has 1 heterocycles. The highest BCUT2D eigenvalue weighted by molar-refractivity contribution is 7.98. The van der Waals surface area contributed by atoms with Crippen molar-refractivity contribution in [3.05, 3.63) is 48.0 Å². The van der Waals surface area contributed by atoms with Gasteiger partial charge in [-0.1, -0.05) is 12.1 Å². The molecule has 8 nitrogen and oxygen atoms in total. The van der Waals surface area contributed by atoms with Gasteiger partial charge in [-0.15, -0.1) is 11.8 Å². The molecule has 1 aliphatic rings. The van der Waals surface area contributed by atoms with Crippen molar-refractivity contribution in [1.29, 1.82) is 0 Å². The zero-order valence-corrected chi connectivity index (χ0v) is 18.9. The normalized spacial score (nSPS) is 16.0. The Balaban J connectivity index is 1.81. The minimum atomic E-state index is -4.00. The Kier molecular flexibility index (Phi) is 7.58. The summed E-state index contributed by atoms with van der Waals surface area (Å²) in [7, 11) is -4.00. The average Bonchev–Trinajstić information content (AvgIpc) is 3.25. The van der Waals surface area contributed by atoms with E-state index in [0.717, 1.165) is 17.7 Å². The number of benzene rings is 2. The van der Waals surface area contributed by atoms with Gasteiger partial charge in [0.2, 0.25) is 5.91 Å². The summed E-state index contributed by atoms with van der Waals surface area (Å²) in [5, 5.41) is 5.45. The molecule has 0 saturated carbocycles. The van der Waals surface area contributed by atoms with Gasteiger partial charge in [-0.05, 0) is 49.4 Å². The third-order valence-corrected chi connectivity index (χ3v) is 6.88. The van der Waals surface area contributed by atoms with E-state index in [1.54, 1.807) is 24.3 Å². The van der Waals surface area contributed by atoms with Crippen LogP contribution >= 0.6 is 11.8 Å². The smallest absolute Gasteiger partial charge is 0.261 e. The highest BCUT2D eigenvalue weighted by Crippen LogP contribution is 2.29. The van der Waals surface area contributed by atoms with Gasteiger partial charge in [-0.25, -0.2) is 8.42 Å². The van der Waals surface area contributed by atoms with Gasteiger partial charge in [0.05, 0.1) is 27.9 Å². The Morgan fingerprint density at radius 2 is 1.94 bits per heavy atom. The predicted molar refractivity (Wildman–Crippen MR) is 121 cm³/mol. The lowest BCUT2D eigenvalue weighted by Gasteiger charge is -2.15. The molecule has 1 saturated heterocycles. The van der Waals surface area contributed by atoms with Crippen LogP contribution in [0, 0.1) is 0 Å². The van der Waals surface area contributed by atoms with E-state index in [-0.39, 0.29) is 34.1 Å². The zero-order chi connectivity index (χ0) is 22.4. The second kappa shape index (κ2) is 10.2. The van der Waals surface area contributed by atoms with Crippen LogP contribution in [0.1, 0.15) is 30.1 Å². The summed E-state index contributed by atoms with van der Waals surface area (Å²) in [6.45, 7) is 2.41. The minimum Gasteiger partial charge on any atom is -0.376 e. The number of hydrogen-bond acceptors (Lipinski definition) is 6. The van der Waals surface area contributed by atoms with Crippen LogP contribution < -0.4 is 15.4 Å². The van der Waals surface area contributed by atoms with E-state index in [0.29, 0.717) is 18.8 Å². The van der Waals surface area contributed by atoms with Crippen molar-refractivity contribution in [3.8, 4) is 0 Å². The highest BCUT2D eigenvalue weighted by atomic mass is 32.2. The molecule has 31 heavy (non-hydrogen) atoms. The third kappa shape index (κ3) is 5.99. The molecule has 2 aromatic rings. The third-order valence-electron chi connectivity index (χ3n) is 4.72. The fourth-order valence-corrected chi connectivity index (χ4v) is 4.86. The van der Waals surface area contributed by atoms with E-state index >= 15 is 0 Å². The Bertz CT molecular complexity index is 1070. The monoisotopic (exact) mass is 463 g/mol. The molecular weight excluding hydrogens is 438 g/mol. The van der Waals surface area contributed by atoms with Crippen LogP contribution in [0.4, 0.5) is 11.4 Å². The minimum absolute atomic E-state index is 0.0186. The number of hydrogen-bond donors (Lipinski definition) is 3. The Morgan fingerprint density at radius 1 is 1.16 bits per heavy atom. The first-order valence-electron chi connectivity index (χ1n) is 9.77. The second-order valence-corrected chi connectivity index (χ2v) is 9.57. The molecule has 3 rings (SSSR count). The summed E-state index contributed by atoms with van der Waals surface area (Å²) in [5.74, 6) is -0.684. The Morgan fingerprint density at radius 3 is 2.61 bits per heavy atom. The number of carbonyl (C=O) groups is 2. The lowest BCUT2D eigenvalue weighted by molar-refractivity contribution is -0.114. The molecule has 0 bridgehead atoms. The average molecular weight is 464 g/mol. The lowest BCUT2D eigenvalue weighted by Crippen LogP contribution is -2.32. The Labute approximate surface area is 186 Å². The molecule has 0 aromatic heterocycles. The lowest BCUT2D eigenvalue weighted by atomic mass is 10.1. The largest absolute Gasteiger partial charge is 0.376 e. The predicted octanol–water partition coefficient (Wildman–Crippen LogP) is 3.08. The SMILES string of the molecule is CSc1ccc(S(=O)(=O)Nc2ccccc2C(=O)NC[C@H]2CCCO2)cc1NC(C)=O. The quantitative estimate of drug-likeness (QED) is 0.519. The maximum absolute atomic E-state index is 13.0. The van der Waals surface area contributed by atoms with E-state index in [9.17, 15) is 18.0 Å². The number of ether oxygens (including phenoxy) is 1. The fraction of sp³-hybridized carbons (Fsp3) is 0.333. The van der Waals surface area contributed by atoms with Crippen molar-refractivity contribution in [3.63, 3.8) is 0 Å². The van der Waals surface area contributed by atoms with Gasteiger partial charge in [-0.3, -0.25) is 14.3 Å². The molecule has 0 spiro atoms. The summed E-state index contributed by atoms with van der Waals surface area (Å²) < 4.78 is 34.0. The first kappa shape index (κ1) is 23.1. The molecule has 0 unspecified atom stereocenters. The van der Waals surface area contributed by atoms with Crippen LogP contribution in [0.25, 0.3) is 0 Å². The van der Waals surface area contributed by atoms with E-state index in [1.165, 1.54) is 36.9 Å². The molecule has 1 aliphatic heterocycles. The van der Waals surface area contributed by atoms with Crippen LogP contribution in [-0.4, -0.2) is 45.7 Å². The molecule has 166 valence electrons. The van der Waals surface area contributed by atoms with E-state index in [4.69, 9.17) is 4.74 Å². The van der Waals surface area contributed by atoms with Crippen LogP contribution in [0.15, 0.2) is 52.3 Å². The van der Waals surface area contributed by atoms with E-state index in [2.05, 4.69) is 15.4 Å². The molecule has 3 N–H and O–H groups in total. The molecular formula is C21H25N3O5S2. The van der Waals surface area contributed by atoms with Crippen LogP contribution in [-0.2, 0) is 19.6 Å². The van der Waals surface area contributed by atoms with Gasteiger partial charge in [-0.2, -0.15) is 0 Å². The maximum Gasteiger partial charge on any atom is 0.261 e. The van der Waals surface area contributed by atoms with Crippen molar-refractivity contribution < 1.29 is 22.7 Å². The number of amides is 2. The zero-order valence-electron chi connectivity index (χ0n) is 17.3. The van der Waals surface area contributed by atoms with Gasteiger partial charge < -0.3 is 15.4 Å². The van der Waals surface area contributed by atoms with E-state index in [1.807, 2.05) is 6.26 Å². The summed E-state index contributed by atoms with van der Waals surface area (Å²) in [6, 6.07) is 10.9. The van der Waals surface area contributed by atoms with Gasteiger partial charge in [0.25, 0.3) is 15.9 Å².